The van der Waals surface area contributed by atoms with E-state index < -0.39 is 0 Å². The lowest BCUT2D eigenvalue weighted by molar-refractivity contribution is 0.308. The third-order valence-electron chi connectivity index (χ3n) is 2.09. The first kappa shape index (κ1) is 12.3. The zero-order valence-electron chi connectivity index (χ0n) is 9.35. The van der Waals surface area contributed by atoms with Gasteiger partial charge in [-0.2, -0.15) is 0 Å². The lowest BCUT2D eigenvalue weighted by Crippen LogP contribution is -2.16. The average molecular weight is 228 g/mol. The molecular formula is C12H18ClNO. The molecule has 1 rings (SSSR count). The number of hydrogen-bond acceptors (Lipinski definition) is 2. The van der Waals surface area contributed by atoms with Gasteiger partial charge in [-0.15, -0.1) is 0 Å². The predicted octanol–water partition coefficient (Wildman–Crippen LogP) is 3.03. The van der Waals surface area contributed by atoms with Crippen LogP contribution in [-0.4, -0.2) is 19.7 Å². The van der Waals surface area contributed by atoms with Crippen molar-refractivity contribution in [3.05, 3.63) is 28.8 Å². The van der Waals surface area contributed by atoms with Crippen LogP contribution in [0.25, 0.3) is 0 Å². The highest BCUT2D eigenvalue weighted by molar-refractivity contribution is 6.32. The van der Waals surface area contributed by atoms with Crippen LogP contribution in [0, 0.1) is 6.92 Å². The number of aryl methyl sites for hydroxylation is 1. The summed E-state index contributed by atoms with van der Waals surface area (Å²) in [7, 11) is 0. The molecule has 0 amide bonds. The molecule has 1 aromatic rings. The molecule has 0 aliphatic heterocycles. The first-order chi connectivity index (χ1) is 7.24. The number of rotatable bonds is 6. The Morgan fingerprint density at radius 2 is 2.20 bits per heavy atom. The van der Waals surface area contributed by atoms with E-state index in [1.165, 1.54) is 5.56 Å². The van der Waals surface area contributed by atoms with Gasteiger partial charge >= 0.3 is 0 Å². The third kappa shape index (κ3) is 4.54. The summed E-state index contributed by atoms with van der Waals surface area (Å²) in [5.74, 6) is 0.785. The van der Waals surface area contributed by atoms with Gasteiger partial charge in [0.15, 0.2) is 0 Å². The Kier molecular flexibility index (Phi) is 5.51. The monoisotopic (exact) mass is 227 g/mol. The Bertz CT molecular complexity index is 302. The second-order valence-corrected chi connectivity index (χ2v) is 3.90. The van der Waals surface area contributed by atoms with Gasteiger partial charge in [0.2, 0.25) is 0 Å². The van der Waals surface area contributed by atoms with Gasteiger partial charge < -0.3 is 10.1 Å². The topological polar surface area (TPSA) is 21.3 Å². The van der Waals surface area contributed by atoms with Crippen molar-refractivity contribution in [1.29, 1.82) is 0 Å². The second kappa shape index (κ2) is 6.70. The molecule has 0 heterocycles. The lowest BCUT2D eigenvalue weighted by Gasteiger charge is -2.08. The molecule has 1 aromatic carbocycles. The van der Waals surface area contributed by atoms with Crippen molar-refractivity contribution < 1.29 is 4.74 Å². The van der Waals surface area contributed by atoms with Crippen LogP contribution in [0.15, 0.2) is 18.2 Å². The van der Waals surface area contributed by atoms with Crippen LogP contribution >= 0.6 is 11.6 Å². The quantitative estimate of drug-likeness (QED) is 0.755. The standard InChI is InChI=1S/C12H18ClNO/c1-3-14-7-4-8-15-12-9-10(2)5-6-11(12)13/h5-6,9,14H,3-4,7-8H2,1-2H3. The Hall–Kier alpha value is -0.730. The molecule has 2 nitrogen and oxygen atoms in total. The first-order valence-corrected chi connectivity index (χ1v) is 5.71. The molecule has 0 unspecified atom stereocenters. The van der Waals surface area contributed by atoms with Crippen molar-refractivity contribution in [3.63, 3.8) is 0 Å². The van der Waals surface area contributed by atoms with Crippen molar-refractivity contribution in [3.8, 4) is 5.75 Å². The van der Waals surface area contributed by atoms with E-state index in [2.05, 4.69) is 12.2 Å². The second-order valence-electron chi connectivity index (χ2n) is 3.49. The summed E-state index contributed by atoms with van der Waals surface area (Å²) in [6, 6.07) is 5.82. The van der Waals surface area contributed by atoms with Crippen LogP contribution < -0.4 is 10.1 Å². The molecular weight excluding hydrogens is 210 g/mol. The normalized spacial score (nSPS) is 10.3. The van der Waals surface area contributed by atoms with Crippen molar-refractivity contribution >= 4 is 11.6 Å². The van der Waals surface area contributed by atoms with Gasteiger partial charge in [-0.05, 0) is 44.1 Å². The van der Waals surface area contributed by atoms with E-state index in [1.807, 2.05) is 25.1 Å². The van der Waals surface area contributed by atoms with Gasteiger partial charge in [0.05, 0.1) is 11.6 Å². The number of nitrogens with one attached hydrogen (secondary N) is 1. The fraction of sp³-hybridized carbons (Fsp3) is 0.500. The molecule has 0 bridgehead atoms. The van der Waals surface area contributed by atoms with Crippen LogP contribution in [0.1, 0.15) is 18.9 Å². The van der Waals surface area contributed by atoms with E-state index in [0.29, 0.717) is 11.6 Å². The molecule has 0 saturated heterocycles. The van der Waals surface area contributed by atoms with Crippen molar-refractivity contribution in [2.45, 2.75) is 20.3 Å². The Balaban J connectivity index is 2.33. The minimum absolute atomic E-state index is 0.684. The molecule has 0 aliphatic rings. The molecule has 1 N–H and O–H groups in total. The van der Waals surface area contributed by atoms with E-state index in [1.54, 1.807) is 0 Å². The number of ether oxygens (including phenoxy) is 1. The molecule has 3 heteroatoms. The highest BCUT2D eigenvalue weighted by atomic mass is 35.5. The van der Waals surface area contributed by atoms with E-state index in [0.717, 1.165) is 25.3 Å². The molecule has 0 radical (unpaired) electrons. The van der Waals surface area contributed by atoms with Crippen molar-refractivity contribution in [2.75, 3.05) is 19.7 Å². The van der Waals surface area contributed by atoms with Gasteiger partial charge in [-0.25, -0.2) is 0 Å². The van der Waals surface area contributed by atoms with Crippen molar-refractivity contribution in [1.82, 2.24) is 5.32 Å². The van der Waals surface area contributed by atoms with E-state index in [4.69, 9.17) is 16.3 Å². The van der Waals surface area contributed by atoms with E-state index in [9.17, 15) is 0 Å². The molecule has 0 aromatic heterocycles. The third-order valence-corrected chi connectivity index (χ3v) is 2.40. The molecule has 15 heavy (non-hydrogen) atoms. The Morgan fingerprint density at radius 3 is 2.93 bits per heavy atom. The fourth-order valence-corrected chi connectivity index (χ4v) is 1.45. The lowest BCUT2D eigenvalue weighted by atomic mass is 10.2. The maximum Gasteiger partial charge on any atom is 0.138 e. The summed E-state index contributed by atoms with van der Waals surface area (Å²) in [6.07, 6.45) is 0.998. The van der Waals surface area contributed by atoms with Crippen LogP contribution in [0.5, 0.6) is 5.75 Å². The number of benzene rings is 1. The van der Waals surface area contributed by atoms with E-state index in [-0.39, 0.29) is 0 Å². The van der Waals surface area contributed by atoms with Gasteiger partial charge in [-0.3, -0.25) is 0 Å². The summed E-state index contributed by atoms with van der Waals surface area (Å²) < 4.78 is 5.59. The fourth-order valence-electron chi connectivity index (χ4n) is 1.28. The SMILES string of the molecule is CCNCCCOc1cc(C)ccc1Cl. The average Bonchev–Trinajstić information content (AvgIpc) is 2.23. The Morgan fingerprint density at radius 1 is 1.40 bits per heavy atom. The molecule has 0 spiro atoms. The minimum Gasteiger partial charge on any atom is -0.492 e. The maximum absolute atomic E-state index is 6.00. The van der Waals surface area contributed by atoms with Gasteiger partial charge in [0.25, 0.3) is 0 Å². The Labute approximate surface area is 96.6 Å². The summed E-state index contributed by atoms with van der Waals surface area (Å²) in [5.41, 5.74) is 1.17. The van der Waals surface area contributed by atoms with E-state index >= 15 is 0 Å². The molecule has 0 aliphatic carbocycles. The van der Waals surface area contributed by atoms with Crippen LogP contribution in [0.2, 0.25) is 5.02 Å². The van der Waals surface area contributed by atoms with Crippen LogP contribution in [0.3, 0.4) is 0 Å². The summed E-state index contributed by atoms with van der Waals surface area (Å²) >= 11 is 6.00. The number of halogens is 1. The molecule has 0 saturated carbocycles. The molecule has 0 atom stereocenters. The van der Waals surface area contributed by atoms with Crippen LogP contribution in [0.4, 0.5) is 0 Å². The van der Waals surface area contributed by atoms with Crippen LogP contribution in [-0.2, 0) is 0 Å². The van der Waals surface area contributed by atoms with Gasteiger partial charge in [-0.1, -0.05) is 24.6 Å². The first-order valence-electron chi connectivity index (χ1n) is 5.33. The zero-order chi connectivity index (χ0) is 11.1. The summed E-state index contributed by atoms with van der Waals surface area (Å²) in [4.78, 5) is 0. The number of hydrogen-bond donors (Lipinski definition) is 1. The minimum atomic E-state index is 0.684. The molecule has 0 fully saturated rings. The zero-order valence-corrected chi connectivity index (χ0v) is 10.1. The smallest absolute Gasteiger partial charge is 0.138 e. The summed E-state index contributed by atoms with van der Waals surface area (Å²) in [6.45, 7) is 6.82. The highest BCUT2D eigenvalue weighted by Gasteiger charge is 2.00. The van der Waals surface area contributed by atoms with Gasteiger partial charge in [0.1, 0.15) is 5.75 Å². The van der Waals surface area contributed by atoms with Crippen molar-refractivity contribution in [2.24, 2.45) is 0 Å². The molecule has 84 valence electrons. The largest absolute Gasteiger partial charge is 0.492 e. The summed E-state index contributed by atoms with van der Waals surface area (Å²) in [5, 5.41) is 3.93. The maximum atomic E-state index is 6.00. The highest BCUT2D eigenvalue weighted by Crippen LogP contribution is 2.25. The predicted molar refractivity (Wildman–Crippen MR) is 64.8 cm³/mol. The van der Waals surface area contributed by atoms with Gasteiger partial charge in [0, 0.05) is 0 Å².